The normalized spacial score (nSPS) is 42.1. The third kappa shape index (κ3) is 2.79. The van der Waals surface area contributed by atoms with Gasteiger partial charge in [0.25, 0.3) is 5.91 Å². The van der Waals surface area contributed by atoms with E-state index in [0.29, 0.717) is 23.3 Å². The van der Waals surface area contributed by atoms with Gasteiger partial charge in [-0.1, -0.05) is 12.1 Å². The minimum absolute atomic E-state index is 0.0484. The van der Waals surface area contributed by atoms with Gasteiger partial charge in [-0.05, 0) is 69.2 Å². The molecule has 7 aliphatic rings. The molecular formula is C23H29N3O3. The summed E-state index contributed by atoms with van der Waals surface area (Å²) in [5.74, 6) is 2.01. The van der Waals surface area contributed by atoms with Crippen LogP contribution in [0.15, 0.2) is 24.3 Å². The van der Waals surface area contributed by atoms with Gasteiger partial charge in [0.05, 0.1) is 5.56 Å². The number of nitrogens with one attached hydrogen (secondary N) is 2. The molecule has 0 unspecified atom stereocenters. The highest BCUT2D eigenvalue weighted by molar-refractivity contribution is 5.98. The van der Waals surface area contributed by atoms with Crippen molar-refractivity contribution in [1.82, 2.24) is 15.5 Å². The van der Waals surface area contributed by atoms with Crippen LogP contribution >= 0.6 is 0 Å². The number of hydrogen-bond acceptors (Lipinski definition) is 4. The van der Waals surface area contributed by atoms with Gasteiger partial charge in [0.15, 0.2) is 5.72 Å². The van der Waals surface area contributed by atoms with Crippen molar-refractivity contribution in [3.63, 3.8) is 0 Å². The Morgan fingerprint density at radius 1 is 1.14 bits per heavy atom. The van der Waals surface area contributed by atoms with Crippen molar-refractivity contribution in [1.29, 1.82) is 0 Å². The lowest BCUT2D eigenvalue weighted by Gasteiger charge is -2.55. The Hall–Kier alpha value is -2.08. The average Bonchev–Trinajstić information content (AvgIpc) is 2.75. The fourth-order valence-electron chi connectivity index (χ4n) is 6.70. The van der Waals surface area contributed by atoms with Crippen LogP contribution in [-0.2, 0) is 4.79 Å². The zero-order chi connectivity index (χ0) is 19.6. The van der Waals surface area contributed by atoms with E-state index >= 15 is 0 Å². The zero-order valence-corrected chi connectivity index (χ0v) is 16.7. The Labute approximate surface area is 171 Å². The largest absolute Gasteiger partial charge is 0.467 e. The van der Waals surface area contributed by atoms with E-state index in [1.165, 1.54) is 25.9 Å². The molecule has 2 N–H and O–H groups in total. The molecule has 1 spiro atoms. The fraction of sp³-hybridized carbons (Fsp3) is 0.652. The maximum atomic E-state index is 13.2. The van der Waals surface area contributed by atoms with Gasteiger partial charge in [-0.25, -0.2) is 0 Å². The van der Waals surface area contributed by atoms with E-state index in [2.05, 4.69) is 15.5 Å². The van der Waals surface area contributed by atoms with Gasteiger partial charge in [-0.15, -0.1) is 0 Å². The Bertz CT molecular complexity index is 850. The summed E-state index contributed by atoms with van der Waals surface area (Å²) in [5, 5.41) is 6.59. The fourth-order valence-corrected chi connectivity index (χ4v) is 6.70. The summed E-state index contributed by atoms with van der Waals surface area (Å²) in [6.45, 7) is 3.38. The first kappa shape index (κ1) is 17.8. The van der Waals surface area contributed by atoms with Crippen molar-refractivity contribution < 1.29 is 14.3 Å². The van der Waals surface area contributed by atoms with Crippen LogP contribution in [0.4, 0.5) is 0 Å². The molecule has 2 amide bonds. The summed E-state index contributed by atoms with van der Waals surface area (Å²) < 4.78 is 6.41. The van der Waals surface area contributed by atoms with Crippen LogP contribution < -0.4 is 15.4 Å². The molecule has 3 saturated heterocycles. The summed E-state index contributed by atoms with van der Waals surface area (Å²) in [4.78, 5) is 28.4. The van der Waals surface area contributed by atoms with Crippen LogP contribution in [0.2, 0.25) is 0 Å². The summed E-state index contributed by atoms with van der Waals surface area (Å²) in [6, 6.07) is 7.79. The minimum atomic E-state index is -0.638. The van der Waals surface area contributed by atoms with Crippen molar-refractivity contribution in [3.05, 3.63) is 29.8 Å². The number of nitrogens with zero attached hydrogens (tertiary/aromatic N) is 1. The molecule has 5 atom stereocenters. The standard InChI is InChI=1S/C23H29N3O3/c27-21(24-19-13-26-9-7-14(19)8-10-26)18-11-16-6-5-15(18)12-23(16)25-22(28)17-3-1-2-4-20(17)29-23/h1-4,14-16,18-19H,5-13H2,(H,24,27)(H,25,28)/t15-,16+,18-,19-,23-/m1/s1. The summed E-state index contributed by atoms with van der Waals surface area (Å²) in [5.41, 5.74) is -0.0305. The van der Waals surface area contributed by atoms with Crippen LogP contribution in [0.1, 0.15) is 48.9 Å². The van der Waals surface area contributed by atoms with E-state index in [4.69, 9.17) is 4.74 Å². The molecule has 4 heterocycles. The van der Waals surface area contributed by atoms with Crippen molar-refractivity contribution in [2.45, 2.75) is 50.3 Å². The summed E-state index contributed by atoms with van der Waals surface area (Å²) in [6.07, 6.45) is 6.02. The van der Waals surface area contributed by atoms with Gasteiger partial charge >= 0.3 is 0 Å². The molecule has 6 nitrogen and oxygen atoms in total. The molecule has 0 radical (unpaired) electrons. The van der Waals surface area contributed by atoms with Crippen molar-refractivity contribution in [3.8, 4) is 5.75 Å². The first-order valence-electron chi connectivity index (χ1n) is 11.2. The third-order valence-corrected chi connectivity index (χ3v) is 8.29. The highest BCUT2D eigenvalue weighted by Gasteiger charge is 2.57. The molecule has 1 aromatic carbocycles. The van der Waals surface area contributed by atoms with Crippen molar-refractivity contribution >= 4 is 11.8 Å². The molecule has 6 fully saturated rings. The lowest BCUT2D eigenvalue weighted by molar-refractivity contribution is -0.148. The van der Waals surface area contributed by atoms with Crippen LogP contribution in [-0.4, -0.2) is 48.1 Å². The number of ether oxygens (including phenoxy) is 1. The predicted molar refractivity (Wildman–Crippen MR) is 107 cm³/mol. The van der Waals surface area contributed by atoms with Gasteiger partial charge in [0.1, 0.15) is 5.75 Å². The third-order valence-electron chi connectivity index (χ3n) is 8.29. The first-order chi connectivity index (χ1) is 14.1. The highest BCUT2D eigenvalue weighted by atomic mass is 16.5. The van der Waals surface area contributed by atoms with E-state index < -0.39 is 5.72 Å². The minimum Gasteiger partial charge on any atom is -0.467 e. The number of benzene rings is 1. The monoisotopic (exact) mass is 395 g/mol. The number of amides is 2. The lowest BCUT2D eigenvalue weighted by Crippen LogP contribution is -2.67. The molecular weight excluding hydrogens is 366 g/mol. The predicted octanol–water partition coefficient (Wildman–Crippen LogP) is 2.15. The number of hydrogen-bond donors (Lipinski definition) is 2. The molecule has 0 aromatic heterocycles. The molecule has 4 aliphatic heterocycles. The van der Waals surface area contributed by atoms with E-state index in [1.54, 1.807) is 0 Å². The molecule has 4 bridgehead atoms. The van der Waals surface area contributed by atoms with Crippen molar-refractivity contribution in [2.75, 3.05) is 19.6 Å². The number of carbonyl (C=O) groups is 2. The van der Waals surface area contributed by atoms with E-state index in [9.17, 15) is 9.59 Å². The second kappa shape index (κ2) is 6.46. The molecule has 29 heavy (non-hydrogen) atoms. The molecule has 154 valence electrons. The van der Waals surface area contributed by atoms with Gasteiger partial charge in [0, 0.05) is 30.8 Å². The molecule has 6 heteroatoms. The van der Waals surface area contributed by atoms with E-state index in [1.807, 2.05) is 24.3 Å². The number of fused-ring (bicyclic) bond motifs is 6. The Balaban J connectivity index is 1.18. The molecule has 8 rings (SSSR count). The lowest BCUT2D eigenvalue weighted by atomic mass is 9.59. The van der Waals surface area contributed by atoms with Gasteiger partial charge < -0.3 is 20.3 Å². The maximum Gasteiger partial charge on any atom is 0.258 e. The second-order valence-corrected chi connectivity index (χ2v) is 9.78. The number of rotatable bonds is 2. The van der Waals surface area contributed by atoms with Crippen LogP contribution in [0.25, 0.3) is 0 Å². The SMILES string of the molecule is O=C1N[C@]2(C[C@H]3CC[C@H]2C[C@H]3C(=O)N[C@@H]2CN3CCC2CC3)Oc2ccccc21. The van der Waals surface area contributed by atoms with Crippen LogP contribution in [0, 0.1) is 23.7 Å². The molecule has 3 saturated carbocycles. The van der Waals surface area contributed by atoms with Gasteiger partial charge in [-0.2, -0.15) is 0 Å². The Morgan fingerprint density at radius 2 is 1.97 bits per heavy atom. The Kier molecular flexibility index (Phi) is 3.95. The number of para-hydroxylation sites is 1. The first-order valence-corrected chi connectivity index (χ1v) is 11.2. The van der Waals surface area contributed by atoms with Gasteiger partial charge in [0.2, 0.25) is 5.91 Å². The van der Waals surface area contributed by atoms with E-state index in [0.717, 1.165) is 32.2 Å². The smallest absolute Gasteiger partial charge is 0.258 e. The number of carbonyl (C=O) groups excluding carboxylic acids is 2. The topological polar surface area (TPSA) is 70.7 Å². The van der Waals surface area contributed by atoms with Crippen LogP contribution in [0.3, 0.4) is 0 Å². The maximum absolute atomic E-state index is 13.2. The second-order valence-electron chi connectivity index (χ2n) is 9.78. The van der Waals surface area contributed by atoms with E-state index in [-0.39, 0.29) is 29.6 Å². The van der Waals surface area contributed by atoms with Gasteiger partial charge in [-0.3, -0.25) is 9.59 Å². The quantitative estimate of drug-likeness (QED) is 0.805. The zero-order valence-electron chi connectivity index (χ0n) is 16.7. The average molecular weight is 396 g/mol. The molecule has 1 aromatic rings. The molecule has 3 aliphatic carbocycles. The summed E-state index contributed by atoms with van der Waals surface area (Å²) >= 11 is 0. The number of piperidine rings is 3. The highest BCUT2D eigenvalue weighted by Crippen LogP contribution is 2.52. The van der Waals surface area contributed by atoms with Crippen LogP contribution in [0.5, 0.6) is 5.75 Å². The van der Waals surface area contributed by atoms with Crippen molar-refractivity contribution in [2.24, 2.45) is 23.7 Å². The summed E-state index contributed by atoms with van der Waals surface area (Å²) in [7, 11) is 0. The Morgan fingerprint density at radius 3 is 2.69 bits per heavy atom.